The molecular formula is C16H22N2O3. The Labute approximate surface area is 125 Å². The van der Waals surface area contributed by atoms with Gasteiger partial charge >= 0.3 is 0 Å². The zero-order valence-electron chi connectivity index (χ0n) is 12.6. The second-order valence-corrected chi connectivity index (χ2v) is 4.83. The molecule has 0 bridgehead atoms. The van der Waals surface area contributed by atoms with Crippen LogP contribution in [0.3, 0.4) is 0 Å². The maximum absolute atomic E-state index is 5.68. The third kappa shape index (κ3) is 5.21. The molecule has 114 valence electrons. The van der Waals surface area contributed by atoms with Gasteiger partial charge in [-0.3, -0.25) is 0 Å². The van der Waals surface area contributed by atoms with Gasteiger partial charge in [-0.2, -0.15) is 0 Å². The van der Waals surface area contributed by atoms with Crippen LogP contribution in [-0.4, -0.2) is 18.8 Å². The van der Waals surface area contributed by atoms with Gasteiger partial charge in [0.2, 0.25) is 0 Å². The highest BCUT2D eigenvalue weighted by molar-refractivity contribution is 5.27. The van der Waals surface area contributed by atoms with E-state index in [-0.39, 0.29) is 0 Å². The Morgan fingerprint density at radius 2 is 2.00 bits per heavy atom. The van der Waals surface area contributed by atoms with Crippen LogP contribution < -0.4 is 10.1 Å². The molecule has 0 radical (unpaired) electrons. The van der Waals surface area contributed by atoms with Crippen LogP contribution in [0.25, 0.3) is 0 Å². The first-order valence-corrected chi connectivity index (χ1v) is 7.17. The normalized spacial score (nSPS) is 10.8. The molecule has 0 aliphatic rings. The van der Waals surface area contributed by atoms with Crippen molar-refractivity contribution in [1.82, 2.24) is 10.5 Å². The van der Waals surface area contributed by atoms with Crippen molar-refractivity contribution in [3.8, 4) is 5.75 Å². The highest BCUT2D eigenvalue weighted by atomic mass is 16.5. The third-order valence-corrected chi connectivity index (χ3v) is 2.96. The summed E-state index contributed by atoms with van der Waals surface area (Å²) in [6, 6.07) is 9.92. The van der Waals surface area contributed by atoms with E-state index < -0.39 is 0 Å². The summed E-state index contributed by atoms with van der Waals surface area (Å²) in [5.41, 5.74) is 2.01. The minimum Gasteiger partial charge on any atom is -0.487 e. The Morgan fingerprint density at radius 3 is 2.71 bits per heavy atom. The molecule has 1 aromatic carbocycles. The lowest BCUT2D eigenvalue weighted by atomic mass is 10.2. The monoisotopic (exact) mass is 290 g/mol. The van der Waals surface area contributed by atoms with Crippen molar-refractivity contribution in [2.75, 3.05) is 13.7 Å². The Kier molecular flexibility index (Phi) is 6.24. The molecule has 5 nitrogen and oxygen atoms in total. The molecule has 0 fully saturated rings. The summed E-state index contributed by atoms with van der Waals surface area (Å²) in [4.78, 5) is 0. The molecule has 0 spiro atoms. The largest absolute Gasteiger partial charge is 0.487 e. The first kappa shape index (κ1) is 15.5. The Bertz CT molecular complexity index is 523. The second-order valence-electron chi connectivity index (χ2n) is 4.83. The molecule has 2 aromatic rings. The Balaban J connectivity index is 1.79. The van der Waals surface area contributed by atoms with Crippen LogP contribution in [0.2, 0.25) is 0 Å². The van der Waals surface area contributed by atoms with Gasteiger partial charge in [-0.1, -0.05) is 24.2 Å². The fourth-order valence-electron chi connectivity index (χ4n) is 1.90. The first-order valence-electron chi connectivity index (χ1n) is 7.17. The second kappa shape index (κ2) is 8.44. The molecule has 0 saturated heterocycles. The minimum absolute atomic E-state index is 0.390. The van der Waals surface area contributed by atoms with Crippen molar-refractivity contribution in [2.24, 2.45) is 0 Å². The number of hydrogen-bond donors (Lipinski definition) is 1. The molecule has 1 heterocycles. The van der Waals surface area contributed by atoms with Crippen LogP contribution >= 0.6 is 0 Å². The minimum atomic E-state index is 0.390. The summed E-state index contributed by atoms with van der Waals surface area (Å²) in [7, 11) is 1.62. The van der Waals surface area contributed by atoms with Gasteiger partial charge in [0.15, 0.2) is 5.76 Å². The summed E-state index contributed by atoms with van der Waals surface area (Å²) < 4.78 is 15.8. The van der Waals surface area contributed by atoms with Gasteiger partial charge in [0.25, 0.3) is 0 Å². The van der Waals surface area contributed by atoms with E-state index in [1.165, 1.54) is 5.56 Å². The molecule has 0 aliphatic heterocycles. The number of hydrogen-bond acceptors (Lipinski definition) is 5. The van der Waals surface area contributed by atoms with E-state index in [0.717, 1.165) is 31.0 Å². The maximum atomic E-state index is 5.68. The van der Waals surface area contributed by atoms with E-state index in [1.807, 2.05) is 18.2 Å². The van der Waals surface area contributed by atoms with E-state index in [4.69, 9.17) is 14.0 Å². The van der Waals surface area contributed by atoms with Crippen molar-refractivity contribution < 1.29 is 14.0 Å². The van der Waals surface area contributed by atoms with Gasteiger partial charge in [0, 0.05) is 19.7 Å². The zero-order chi connectivity index (χ0) is 14.9. The van der Waals surface area contributed by atoms with Crippen molar-refractivity contribution in [3.63, 3.8) is 0 Å². The lowest BCUT2D eigenvalue weighted by molar-refractivity contribution is 0.155. The number of aromatic nitrogens is 1. The molecule has 1 aromatic heterocycles. The van der Waals surface area contributed by atoms with Crippen molar-refractivity contribution in [3.05, 3.63) is 47.3 Å². The number of nitrogens with zero attached hydrogens (tertiary/aromatic N) is 1. The fourth-order valence-corrected chi connectivity index (χ4v) is 1.90. The van der Waals surface area contributed by atoms with E-state index in [2.05, 4.69) is 29.5 Å². The van der Waals surface area contributed by atoms with Gasteiger partial charge in [-0.05, 0) is 30.7 Å². The standard InChI is InChI=1S/C16H22N2O3/c1-3-8-17-10-13-4-6-15(7-5-13)20-11-14-9-16(12-19-2)21-18-14/h4-7,9,17H,3,8,10-12H2,1-2H3. The lowest BCUT2D eigenvalue weighted by Crippen LogP contribution is -2.13. The summed E-state index contributed by atoms with van der Waals surface area (Å²) in [5, 5.41) is 7.30. The van der Waals surface area contributed by atoms with Crippen LogP contribution in [0.4, 0.5) is 0 Å². The predicted molar refractivity (Wildman–Crippen MR) is 80.0 cm³/mol. The lowest BCUT2D eigenvalue weighted by Gasteiger charge is -2.06. The summed E-state index contributed by atoms with van der Waals surface area (Å²) in [6.07, 6.45) is 1.14. The van der Waals surface area contributed by atoms with Crippen LogP contribution in [-0.2, 0) is 24.5 Å². The fraction of sp³-hybridized carbons (Fsp3) is 0.438. The van der Waals surface area contributed by atoms with Crippen LogP contribution in [0.15, 0.2) is 34.9 Å². The van der Waals surface area contributed by atoms with Gasteiger partial charge in [-0.25, -0.2) is 0 Å². The highest BCUT2D eigenvalue weighted by Gasteiger charge is 2.04. The molecule has 21 heavy (non-hydrogen) atoms. The van der Waals surface area contributed by atoms with E-state index >= 15 is 0 Å². The van der Waals surface area contributed by atoms with Gasteiger partial charge in [0.1, 0.15) is 24.7 Å². The van der Waals surface area contributed by atoms with Crippen LogP contribution in [0.5, 0.6) is 5.75 Å². The molecule has 0 amide bonds. The smallest absolute Gasteiger partial charge is 0.162 e. The van der Waals surface area contributed by atoms with E-state index in [9.17, 15) is 0 Å². The van der Waals surface area contributed by atoms with Crippen molar-refractivity contribution in [1.29, 1.82) is 0 Å². The molecule has 5 heteroatoms. The topological polar surface area (TPSA) is 56.5 Å². The summed E-state index contributed by atoms with van der Waals surface area (Å²) in [6.45, 7) is 4.89. The third-order valence-electron chi connectivity index (χ3n) is 2.96. The number of benzene rings is 1. The molecule has 0 unspecified atom stereocenters. The van der Waals surface area contributed by atoms with Gasteiger partial charge in [-0.15, -0.1) is 0 Å². The molecule has 1 N–H and O–H groups in total. The maximum Gasteiger partial charge on any atom is 0.162 e. The average molecular weight is 290 g/mol. The highest BCUT2D eigenvalue weighted by Crippen LogP contribution is 2.14. The molecule has 0 atom stereocenters. The number of rotatable bonds is 9. The molecule has 2 rings (SSSR count). The quantitative estimate of drug-likeness (QED) is 0.720. The van der Waals surface area contributed by atoms with Crippen LogP contribution in [0.1, 0.15) is 30.4 Å². The Hall–Kier alpha value is -1.85. The first-order chi connectivity index (χ1) is 10.3. The van der Waals surface area contributed by atoms with Crippen LogP contribution in [0, 0.1) is 0 Å². The van der Waals surface area contributed by atoms with Gasteiger partial charge in [0.05, 0.1) is 0 Å². The molecule has 0 saturated carbocycles. The summed E-state index contributed by atoms with van der Waals surface area (Å²) >= 11 is 0. The van der Waals surface area contributed by atoms with Gasteiger partial charge < -0.3 is 19.3 Å². The SMILES string of the molecule is CCCNCc1ccc(OCc2cc(COC)on2)cc1. The zero-order valence-corrected chi connectivity index (χ0v) is 12.6. The van der Waals surface area contributed by atoms with E-state index in [1.54, 1.807) is 7.11 Å². The average Bonchev–Trinajstić information content (AvgIpc) is 2.95. The number of ether oxygens (including phenoxy) is 2. The molecule has 0 aliphatic carbocycles. The Morgan fingerprint density at radius 1 is 1.19 bits per heavy atom. The van der Waals surface area contributed by atoms with Crippen molar-refractivity contribution >= 4 is 0 Å². The van der Waals surface area contributed by atoms with Crippen molar-refractivity contribution in [2.45, 2.75) is 33.1 Å². The molecular weight excluding hydrogens is 268 g/mol. The summed E-state index contributed by atoms with van der Waals surface area (Å²) in [5.74, 6) is 1.53. The number of methoxy groups -OCH3 is 1. The van der Waals surface area contributed by atoms with E-state index in [0.29, 0.717) is 19.0 Å². The predicted octanol–water partition coefficient (Wildman–Crippen LogP) is 2.90. The number of nitrogens with one attached hydrogen (secondary N) is 1.